The molecule has 0 aliphatic heterocycles. The molecule has 12 heavy (non-hydrogen) atoms. The molecule has 0 fully saturated rings. The van der Waals surface area contributed by atoms with Crippen molar-refractivity contribution in [1.29, 1.82) is 0 Å². The maximum atomic E-state index is 5.59. The fourth-order valence-corrected chi connectivity index (χ4v) is 1.04. The van der Waals surface area contributed by atoms with Crippen LogP contribution >= 0.6 is 11.6 Å². The van der Waals surface area contributed by atoms with E-state index >= 15 is 0 Å². The van der Waals surface area contributed by atoms with Gasteiger partial charge in [0.2, 0.25) is 0 Å². The highest BCUT2D eigenvalue weighted by Gasteiger charge is 2.16. The van der Waals surface area contributed by atoms with E-state index in [0.717, 1.165) is 13.2 Å². The van der Waals surface area contributed by atoms with Gasteiger partial charge in [-0.1, -0.05) is 18.2 Å². The van der Waals surface area contributed by atoms with Gasteiger partial charge in [-0.25, -0.2) is 0 Å². The van der Waals surface area contributed by atoms with E-state index in [-0.39, 0.29) is 5.60 Å². The zero-order chi connectivity index (χ0) is 9.61. The summed E-state index contributed by atoms with van der Waals surface area (Å²) in [5.41, 5.74) is -0.124. The van der Waals surface area contributed by atoms with Crippen LogP contribution in [0.5, 0.6) is 0 Å². The van der Waals surface area contributed by atoms with Crippen molar-refractivity contribution in [2.75, 3.05) is 19.7 Å². The lowest BCUT2D eigenvalue weighted by molar-refractivity contribution is -0.00815. The smallest absolute Gasteiger partial charge is 0.0750 e. The van der Waals surface area contributed by atoms with Crippen LogP contribution in [-0.4, -0.2) is 25.3 Å². The molecule has 0 spiro atoms. The predicted molar refractivity (Wildman–Crippen MR) is 53.6 cm³/mol. The third-order valence-corrected chi connectivity index (χ3v) is 1.54. The summed E-state index contributed by atoms with van der Waals surface area (Å²) in [6.45, 7) is 11.8. The Morgan fingerprint density at radius 1 is 1.58 bits per heavy atom. The summed E-state index contributed by atoms with van der Waals surface area (Å²) in [5, 5.41) is 3.78. The minimum Gasteiger partial charge on any atom is -0.375 e. The second kappa shape index (κ2) is 5.57. The van der Waals surface area contributed by atoms with Crippen molar-refractivity contribution in [3.8, 4) is 0 Å². The Hall–Kier alpha value is -0.0500. The lowest BCUT2D eigenvalue weighted by Crippen LogP contribution is -2.38. The number of hydrogen-bond acceptors (Lipinski definition) is 2. The molecule has 0 aliphatic carbocycles. The Morgan fingerprint density at radius 2 is 2.17 bits per heavy atom. The van der Waals surface area contributed by atoms with E-state index in [4.69, 9.17) is 16.3 Å². The van der Waals surface area contributed by atoms with Crippen molar-refractivity contribution in [2.24, 2.45) is 0 Å². The molecule has 72 valence electrons. The van der Waals surface area contributed by atoms with E-state index < -0.39 is 0 Å². The van der Waals surface area contributed by atoms with Crippen LogP contribution in [0.3, 0.4) is 0 Å². The highest BCUT2D eigenvalue weighted by atomic mass is 35.5. The van der Waals surface area contributed by atoms with Crippen LogP contribution in [-0.2, 0) is 4.74 Å². The number of halogens is 1. The largest absolute Gasteiger partial charge is 0.375 e. The number of hydrogen-bond donors (Lipinski definition) is 1. The first kappa shape index (κ1) is 11.9. The van der Waals surface area contributed by atoms with Crippen LogP contribution in [0.25, 0.3) is 0 Å². The van der Waals surface area contributed by atoms with Crippen molar-refractivity contribution >= 4 is 11.6 Å². The number of nitrogens with one attached hydrogen (secondary N) is 1. The van der Waals surface area contributed by atoms with E-state index in [1.807, 2.05) is 20.8 Å². The minimum absolute atomic E-state index is 0.124. The summed E-state index contributed by atoms with van der Waals surface area (Å²) in [6.07, 6.45) is 0. The Bertz CT molecular complexity index is 145. The second-order valence-electron chi connectivity index (χ2n) is 3.31. The maximum Gasteiger partial charge on any atom is 0.0750 e. The van der Waals surface area contributed by atoms with Crippen molar-refractivity contribution in [1.82, 2.24) is 5.32 Å². The molecule has 0 radical (unpaired) electrons. The monoisotopic (exact) mass is 191 g/mol. The Balaban J connectivity index is 3.53. The molecule has 0 aromatic heterocycles. The predicted octanol–water partition coefficient (Wildman–Crippen LogP) is 2.14. The summed E-state index contributed by atoms with van der Waals surface area (Å²) in [4.78, 5) is 0. The van der Waals surface area contributed by atoms with Gasteiger partial charge in [-0.2, -0.15) is 0 Å². The molecule has 2 nitrogen and oxygen atoms in total. The van der Waals surface area contributed by atoms with Crippen molar-refractivity contribution < 1.29 is 4.74 Å². The molecule has 0 atom stereocenters. The van der Waals surface area contributed by atoms with Gasteiger partial charge in [-0.3, -0.25) is 0 Å². The fourth-order valence-electron chi connectivity index (χ4n) is 0.941. The van der Waals surface area contributed by atoms with Crippen LogP contribution in [0.4, 0.5) is 0 Å². The first-order chi connectivity index (χ1) is 5.48. The minimum atomic E-state index is -0.124. The molecular weight excluding hydrogens is 174 g/mol. The average molecular weight is 192 g/mol. The van der Waals surface area contributed by atoms with Gasteiger partial charge < -0.3 is 10.1 Å². The molecule has 0 unspecified atom stereocenters. The first-order valence-corrected chi connectivity index (χ1v) is 4.53. The molecule has 0 saturated carbocycles. The van der Waals surface area contributed by atoms with E-state index in [9.17, 15) is 0 Å². The normalized spacial score (nSPS) is 11.7. The van der Waals surface area contributed by atoms with Gasteiger partial charge >= 0.3 is 0 Å². The molecule has 0 rings (SSSR count). The first-order valence-electron chi connectivity index (χ1n) is 4.16. The molecule has 0 aromatic rings. The lowest BCUT2D eigenvalue weighted by atomic mass is 10.1. The Morgan fingerprint density at radius 3 is 2.58 bits per heavy atom. The average Bonchev–Trinajstić information content (AvgIpc) is 1.85. The van der Waals surface area contributed by atoms with Crippen molar-refractivity contribution in [3.05, 3.63) is 11.6 Å². The molecule has 0 saturated heterocycles. The summed E-state index contributed by atoms with van der Waals surface area (Å²) in [5.74, 6) is 0. The summed E-state index contributed by atoms with van der Waals surface area (Å²) in [7, 11) is 0. The van der Waals surface area contributed by atoms with Crippen LogP contribution in [0.15, 0.2) is 11.6 Å². The van der Waals surface area contributed by atoms with Crippen LogP contribution in [0.2, 0.25) is 0 Å². The fraction of sp³-hybridized carbons (Fsp3) is 0.778. The van der Waals surface area contributed by atoms with E-state index in [1.165, 1.54) is 0 Å². The molecule has 0 bridgehead atoms. The van der Waals surface area contributed by atoms with E-state index in [2.05, 4.69) is 11.9 Å². The van der Waals surface area contributed by atoms with E-state index in [1.54, 1.807) is 0 Å². The molecule has 0 aromatic carbocycles. The van der Waals surface area contributed by atoms with Gasteiger partial charge in [0, 0.05) is 24.7 Å². The summed E-state index contributed by atoms with van der Waals surface area (Å²) < 4.78 is 5.48. The van der Waals surface area contributed by atoms with E-state index in [0.29, 0.717) is 11.6 Å². The molecule has 0 heterocycles. The quantitative estimate of drug-likeness (QED) is 0.695. The third-order valence-electron chi connectivity index (χ3n) is 1.40. The molecule has 0 aliphatic rings. The van der Waals surface area contributed by atoms with Crippen molar-refractivity contribution in [3.63, 3.8) is 0 Å². The summed E-state index contributed by atoms with van der Waals surface area (Å²) in [6, 6.07) is 0. The van der Waals surface area contributed by atoms with Crippen LogP contribution in [0, 0.1) is 0 Å². The number of ether oxygens (including phenoxy) is 1. The standard InChI is InChI=1S/C9H18ClNO/c1-5-12-9(3,4)7-11-6-8(2)10/h11H,2,5-7H2,1,3-4H3. The zero-order valence-electron chi connectivity index (χ0n) is 8.11. The maximum absolute atomic E-state index is 5.59. The van der Waals surface area contributed by atoms with Gasteiger partial charge in [-0.15, -0.1) is 0 Å². The highest BCUT2D eigenvalue weighted by Crippen LogP contribution is 2.06. The van der Waals surface area contributed by atoms with Crippen LogP contribution in [0.1, 0.15) is 20.8 Å². The molecule has 1 N–H and O–H groups in total. The molecule has 3 heteroatoms. The van der Waals surface area contributed by atoms with Crippen LogP contribution < -0.4 is 5.32 Å². The van der Waals surface area contributed by atoms with Gasteiger partial charge in [0.15, 0.2) is 0 Å². The highest BCUT2D eigenvalue weighted by molar-refractivity contribution is 6.29. The summed E-state index contributed by atoms with van der Waals surface area (Å²) >= 11 is 5.59. The van der Waals surface area contributed by atoms with Gasteiger partial charge in [0.25, 0.3) is 0 Å². The van der Waals surface area contributed by atoms with Gasteiger partial charge in [0.05, 0.1) is 5.60 Å². The lowest BCUT2D eigenvalue weighted by Gasteiger charge is -2.24. The molecule has 0 amide bonds. The SMILES string of the molecule is C=C(Cl)CNCC(C)(C)OCC. The topological polar surface area (TPSA) is 21.3 Å². The van der Waals surface area contributed by atoms with Crippen molar-refractivity contribution in [2.45, 2.75) is 26.4 Å². The second-order valence-corrected chi connectivity index (χ2v) is 3.85. The molecular formula is C9H18ClNO. The van der Waals surface area contributed by atoms with Gasteiger partial charge in [0.1, 0.15) is 0 Å². The third kappa shape index (κ3) is 6.65. The Kier molecular flexibility index (Phi) is 5.55. The zero-order valence-corrected chi connectivity index (χ0v) is 8.87. The number of rotatable bonds is 6. The van der Waals surface area contributed by atoms with Gasteiger partial charge in [-0.05, 0) is 20.8 Å². The Labute approximate surface area is 79.9 Å².